The maximum Gasteiger partial charge on any atom is 0.236 e. The predicted molar refractivity (Wildman–Crippen MR) is 122 cm³/mol. The van der Waals surface area contributed by atoms with Crippen LogP contribution in [0.1, 0.15) is 0 Å². The quantitative estimate of drug-likeness (QED) is 0.495. The molecule has 0 aliphatic heterocycles. The third-order valence-corrected chi connectivity index (χ3v) is 5.72. The van der Waals surface area contributed by atoms with E-state index in [0.717, 1.165) is 5.56 Å². The van der Waals surface area contributed by atoms with Crippen molar-refractivity contribution < 1.29 is 23.5 Å². The Morgan fingerprint density at radius 2 is 1.74 bits per heavy atom. The molecule has 3 aromatic rings. The highest BCUT2D eigenvalue weighted by molar-refractivity contribution is 8.00. The molecule has 0 aliphatic rings. The lowest BCUT2D eigenvalue weighted by atomic mass is 10.1. The third-order valence-electron chi connectivity index (χ3n) is 4.03. The first kappa shape index (κ1) is 22.6. The summed E-state index contributed by atoms with van der Waals surface area (Å²) in [6.45, 7) is 0. The molecule has 2 aromatic carbocycles. The number of ether oxygens (including phenoxy) is 2. The van der Waals surface area contributed by atoms with Crippen LogP contribution in [0.5, 0.6) is 11.5 Å². The van der Waals surface area contributed by atoms with Crippen molar-refractivity contribution in [1.82, 2.24) is 4.98 Å². The van der Waals surface area contributed by atoms with Gasteiger partial charge in [-0.3, -0.25) is 9.59 Å². The minimum absolute atomic E-state index is 0.0915. The number of rotatable bonds is 9. The van der Waals surface area contributed by atoms with Gasteiger partial charge in [0.25, 0.3) is 0 Å². The summed E-state index contributed by atoms with van der Waals surface area (Å²) < 4.78 is 23.5. The van der Waals surface area contributed by atoms with E-state index in [1.807, 2.05) is 11.4 Å². The summed E-state index contributed by atoms with van der Waals surface area (Å²) in [6, 6.07) is 10.9. The molecule has 2 amide bonds. The van der Waals surface area contributed by atoms with Crippen molar-refractivity contribution in [2.24, 2.45) is 0 Å². The van der Waals surface area contributed by atoms with Crippen molar-refractivity contribution in [2.45, 2.75) is 0 Å². The Morgan fingerprint density at radius 1 is 1.03 bits per heavy atom. The number of nitrogens with one attached hydrogen (secondary N) is 2. The Morgan fingerprint density at radius 3 is 2.42 bits per heavy atom. The van der Waals surface area contributed by atoms with Crippen LogP contribution in [0, 0.1) is 5.82 Å². The van der Waals surface area contributed by atoms with Crippen molar-refractivity contribution in [2.75, 3.05) is 36.4 Å². The number of methoxy groups -OCH3 is 2. The topological polar surface area (TPSA) is 89.5 Å². The van der Waals surface area contributed by atoms with Gasteiger partial charge in [0, 0.05) is 16.6 Å². The lowest BCUT2D eigenvalue weighted by Crippen LogP contribution is -2.18. The number of thioether (sulfide) groups is 1. The highest BCUT2D eigenvalue weighted by Gasteiger charge is 2.13. The summed E-state index contributed by atoms with van der Waals surface area (Å²) in [4.78, 5) is 28.5. The van der Waals surface area contributed by atoms with Crippen LogP contribution in [0.15, 0.2) is 47.8 Å². The van der Waals surface area contributed by atoms with Gasteiger partial charge in [0.05, 0.1) is 31.4 Å². The van der Waals surface area contributed by atoms with Crippen LogP contribution >= 0.6 is 23.1 Å². The standard InChI is InChI=1S/C21H20FN3O4S2/c1-28-15-7-8-18(29-2)16(9-15)17-10-31-21(24-17)25-20(27)12-30-11-19(26)23-14-5-3-13(22)4-6-14/h3-10H,11-12H2,1-2H3,(H,23,26)(H,24,25,27). The maximum absolute atomic E-state index is 12.9. The zero-order chi connectivity index (χ0) is 22.2. The lowest BCUT2D eigenvalue weighted by molar-refractivity contribution is -0.114. The predicted octanol–water partition coefficient (Wildman–Crippen LogP) is 4.28. The van der Waals surface area contributed by atoms with E-state index in [4.69, 9.17) is 9.47 Å². The first-order valence-corrected chi connectivity index (χ1v) is 11.1. The van der Waals surface area contributed by atoms with Gasteiger partial charge < -0.3 is 20.1 Å². The highest BCUT2D eigenvalue weighted by atomic mass is 32.2. The zero-order valence-electron chi connectivity index (χ0n) is 16.8. The van der Waals surface area contributed by atoms with E-state index >= 15 is 0 Å². The molecule has 0 fully saturated rings. The number of benzene rings is 2. The summed E-state index contributed by atoms with van der Waals surface area (Å²) >= 11 is 2.46. The Labute approximate surface area is 187 Å². The molecule has 0 unspecified atom stereocenters. The summed E-state index contributed by atoms with van der Waals surface area (Å²) in [5.74, 6) is 0.586. The number of amides is 2. The monoisotopic (exact) mass is 461 g/mol. The van der Waals surface area contributed by atoms with Crippen molar-refractivity contribution in [1.29, 1.82) is 0 Å². The fourth-order valence-electron chi connectivity index (χ4n) is 2.59. The molecule has 0 atom stereocenters. The van der Waals surface area contributed by atoms with Gasteiger partial charge in [0.15, 0.2) is 5.13 Å². The summed E-state index contributed by atoms with van der Waals surface area (Å²) in [6.07, 6.45) is 0. The van der Waals surface area contributed by atoms with Gasteiger partial charge in [-0.1, -0.05) is 0 Å². The van der Waals surface area contributed by atoms with Gasteiger partial charge in [-0.05, 0) is 42.5 Å². The van der Waals surface area contributed by atoms with Crippen molar-refractivity contribution in [3.8, 4) is 22.8 Å². The van der Waals surface area contributed by atoms with E-state index in [1.165, 1.54) is 47.4 Å². The summed E-state index contributed by atoms with van der Waals surface area (Å²) in [7, 11) is 3.15. The number of anilines is 2. The largest absolute Gasteiger partial charge is 0.497 e. The van der Waals surface area contributed by atoms with Gasteiger partial charge in [-0.15, -0.1) is 23.1 Å². The van der Waals surface area contributed by atoms with Crippen molar-refractivity contribution in [3.63, 3.8) is 0 Å². The van der Waals surface area contributed by atoms with Crippen LogP contribution in [0.2, 0.25) is 0 Å². The second-order valence-electron chi connectivity index (χ2n) is 6.20. The van der Waals surface area contributed by atoms with Gasteiger partial charge >= 0.3 is 0 Å². The van der Waals surface area contributed by atoms with E-state index in [2.05, 4.69) is 15.6 Å². The van der Waals surface area contributed by atoms with Gasteiger partial charge in [-0.2, -0.15) is 0 Å². The second kappa shape index (κ2) is 10.8. The molecular weight excluding hydrogens is 441 g/mol. The van der Waals surface area contributed by atoms with E-state index in [-0.39, 0.29) is 29.1 Å². The van der Waals surface area contributed by atoms with E-state index in [9.17, 15) is 14.0 Å². The van der Waals surface area contributed by atoms with Gasteiger partial charge in [0.2, 0.25) is 11.8 Å². The lowest BCUT2D eigenvalue weighted by Gasteiger charge is -2.08. The molecule has 2 N–H and O–H groups in total. The normalized spacial score (nSPS) is 10.4. The van der Waals surface area contributed by atoms with Crippen LogP contribution in [0.4, 0.5) is 15.2 Å². The smallest absolute Gasteiger partial charge is 0.236 e. The molecule has 10 heteroatoms. The maximum atomic E-state index is 12.9. The molecule has 0 saturated carbocycles. The van der Waals surface area contributed by atoms with Crippen molar-refractivity contribution >= 4 is 45.7 Å². The second-order valence-corrected chi connectivity index (χ2v) is 8.04. The molecule has 3 rings (SSSR count). The molecule has 0 aliphatic carbocycles. The molecule has 31 heavy (non-hydrogen) atoms. The van der Waals surface area contributed by atoms with E-state index < -0.39 is 0 Å². The van der Waals surface area contributed by atoms with Crippen LogP contribution in [-0.4, -0.2) is 42.5 Å². The fraction of sp³-hybridized carbons (Fsp3) is 0.190. The molecule has 0 saturated heterocycles. The molecule has 1 heterocycles. The molecule has 162 valence electrons. The number of hydrogen-bond acceptors (Lipinski definition) is 7. The van der Waals surface area contributed by atoms with Crippen molar-refractivity contribution in [3.05, 3.63) is 53.7 Å². The Bertz CT molecular complexity index is 1060. The molecule has 7 nitrogen and oxygen atoms in total. The van der Waals surface area contributed by atoms with E-state index in [0.29, 0.717) is 28.0 Å². The Hall–Kier alpha value is -3.11. The van der Waals surface area contributed by atoms with Crippen LogP contribution in [-0.2, 0) is 9.59 Å². The fourth-order valence-corrected chi connectivity index (χ4v) is 3.94. The van der Waals surface area contributed by atoms with Crippen LogP contribution < -0.4 is 20.1 Å². The number of carbonyl (C=O) groups excluding carboxylic acids is 2. The highest BCUT2D eigenvalue weighted by Crippen LogP contribution is 2.35. The number of thiazole rings is 1. The average molecular weight is 462 g/mol. The minimum Gasteiger partial charge on any atom is -0.497 e. The first-order valence-electron chi connectivity index (χ1n) is 9.09. The first-order chi connectivity index (χ1) is 15.0. The molecule has 0 spiro atoms. The minimum atomic E-state index is -0.376. The Balaban J connectivity index is 1.50. The average Bonchev–Trinajstić information content (AvgIpc) is 3.23. The summed E-state index contributed by atoms with van der Waals surface area (Å²) in [5, 5.41) is 7.63. The number of aromatic nitrogens is 1. The number of halogens is 1. The third kappa shape index (κ3) is 6.43. The number of nitrogens with zero attached hydrogens (tertiary/aromatic N) is 1. The SMILES string of the molecule is COc1ccc(OC)c(-c2csc(NC(=O)CSCC(=O)Nc3ccc(F)cc3)n2)c1. The van der Waals surface area contributed by atoms with Gasteiger partial charge in [-0.25, -0.2) is 9.37 Å². The number of carbonyl (C=O) groups is 2. The van der Waals surface area contributed by atoms with E-state index in [1.54, 1.807) is 26.4 Å². The molecule has 0 bridgehead atoms. The van der Waals surface area contributed by atoms with Crippen LogP contribution in [0.25, 0.3) is 11.3 Å². The van der Waals surface area contributed by atoms with Gasteiger partial charge in [0.1, 0.15) is 17.3 Å². The van der Waals surface area contributed by atoms with Crippen LogP contribution in [0.3, 0.4) is 0 Å². The Kier molecular flexibility index (Phi) is 7.85. The summed E-state index contributed by atoms with van der Waals surface area (Å²) in [5.41, 5.74) is 1.91. The molecule has 1 aromatic heterocycles. The molecular formula is C21H20FN3O4S2. The molecule has 0 radical (unpaired) electrons. The number of hydrogen-bond donors (Lipinski definition) is 2. The zero-order valence-corrected chi connectivity index (χ0v) is 18.4.